The van der Waals surface area contributed by atoms with Crippen molar-refractivity contribution in [2.45, 2.75) is 6.92 Å². The number of aromatic nitrogens is 2. The Morgan fingerprint density at radius 1 is 1.39 bits per heavy atom. The first kappa shape index (κ1) is 17.1. The number of anilines is 3. The van der Waals surface area contributed by atoms with Crippen molar-refractivity contribution in [3.8, 4) is 0 Å². The van der Waals surface area contributed by atoms with Gasteiger partial charge in [0.25, 0.3) is 0 Å². The number of hydrogen-bond donors (Lipinski definition) is 2. The van der Waals surface area contributed by atoms with Crippen LogP contribution in [0.3, 0.4) is 0 Å². The van der Waals surface area contributed by atoms with Crippen LogP contribution < -0.4 is 10.2 Å². The van der Waals surface area contributed by atoms with E-state index in [4.69, 9.17) is 5.11 Å². The molecule has 23 heavy (non-hydrogen) atoms. The van der Waals surface area contributed by atoms with E-state index in [0.29, 0.717) is 12.2 Å². The normalized spacial score (nSPS) is 10.4. The molecular weight excluding hydrogens is 366 g/mol. The van der Waals surface area contributed by atoms with E-state index < -0.39 is 4.92 Å². The highest BCUT2D eigenvalue weighted by Gasteiger charge is 2.26. The van der Waals surface area contributed by atoms with Crippen molar-refractivity contribution >= 4 is 38.9 Å². The Balaban J connectivity index is 2.48. The molecule has 2 rings (SSSR count). The molecule has 0 atom stereocenters. The van der Waals surface area contributed by atoms with E-state index in [1.54, 1.807) is 11.0 Å². The fourth-order valence-electron chi connectivity index (χ4n) is 2.09. The Hall–Kier alpha value is -2.26. The summed E-state index contributed by atoms with van der Waals surface area (Å²) in [6, 6.07) is 7.25. The summed E-state index contributed by atoms with van der Waals surface area (Å²) in [6.07, 6.45) is 1.27. The molecule has 0 aliphatic heterocycles. The standard InChI is InChI=1S/C14H16BrN5O3/c1-2-19(7-8-21)14-12(20(22)23)13(16-9-17-14)18-11-6-4-3-5-10(11)15/h3-6,9,21H,2,7-8H2,1H3,(H,16,17,18). The van der Waals surface area contributed by atoms with Gasteiger partial charge in [-0.15, -0.1) is 0 Å². The molecule has 0 saturated heterocycles. The molecule has 0 amide bonds. The first-order valence-corrected chi connectivity index (χ1v) is 7.74. The zero-order chi connectivity index (χ0) is 16.8. The number of nitro groups is 1. The van der Waals surface area contributed by atoms with Crippen LogP contribution in [0.2, 0.25) is 0 Å². The van der Waals surface area contributed by atoms with Crippen LogP contribution >= 0.6 is 15.9 Å². The van der Waals surface area contributed by atoms with Crippen LogP contribution in [-0.2, 0) is 0 Å². The Kier molecular flexibility index (Phi) is 5.83. The number of likely N-dealkylation sites (N-methyl/N-ethyl adjacent to an activating group) is 1. The first-order valence-electron chi connectivity index (χ1n) is 6.95. The first-order chi connectivity index (χ1) is 11.1. The van der Waals surface area contributed by atoms with Gasteiger partial charge in [0, 0.05) is 17.6 Å². The highest BCUT2D eigenvalue weighted by atomic mass is 79.9. The lowest BCUT2D eigenvalue weighted by Crippen LogP contribution is -2.28. The summed E-state index contributed by atoms with van der Waals surface area (Å²) in [6.45, 7) is 2.44. The molecule has 122 valence electrons. The molecule has 0 bridgehead atoms. The van der Waals surface area contributed by atoms with Crippen molar-refractivity contribution in [2.75, 3.05) is 29.9 Å². The topological polar surface area (TPSA) is 104 Å². The van der Waals surface area contributed by atoms with Gasteiger partial charge in [0.05, 0.1) is 17.2 Å². The van der Waals surface area contributed by atoms with Gasteiger partial charge in [-0.05, 0) is 35.0 Å². The molecule has 0 radical (unpaired) electrons. The van der Waals surface area contributed by atoms with E-state index in [9.17, 15) is 10.1 Å². The maximum absolute atomic E-state index is 11.5. The molecule has 0 spiro atoms. The van der Waals surface area contributed by atoms with Gasteiger partial charge >= 0.3 is 5.69 Å². The van der Waals surface area contributed by atoms with E-state index in [-0.39, 0.29) is 30.5 Å². The van der Waals surface area contributed by atoms with E-state index in [0.717, 1.165) is 4.47 Å². The van der Waals surface area contributed by atoms with Crippen LogP contribution in [-0.4, -0.2) is 39.7 Å². The third-order valence-electron chi connectivity index (χ3n) is 3.16. The minimum atomic E-state index is -0.519. The lowest BCUT2D eigenvalue weighted by atomic mass is 10.3. The smallest absolute Gasteiger partial charge is 0.353 e. The van der Waals surface area contributed by atoms with Crippen molar-refractivity contribution in [1.82, 2.24) is 9.97 Å². The second kappa shape index (κ2) is 7.84. The fraction of sp³-hybridized carbons (Fsp3) is 0.286. The Morgan fingerprint density at radius 3 is 2.74 bits per heavy atom. The van der Waals surface area contributed by atoms with Crippen LogP contribution in [0, 0.1) is 10.1 Å². The number of benzene rings is 1. The summed E-state index contributed by atoms with van der Waals surface area (Å²) < 4.78 is 0.761. The number of rotatable bonds is 7. The van der Waals surface area contributed by atoms with Crippen molar-refractivity contribution in [3.63, 3.8) is 0 Å². The van der Waals surface area contributed by atoms with Crippen molar-refractivity contribution in [1.29, 1.82) is 0 Å². The van der Waals surface area contributed by atoms with E-state index in [2.05, 4.69) is 31.2 Å². The van der Waals surface area contributed by atoms with Gasteiger partial charge in [0.2, 0.25) is 11.6 Å². The predicted octanol–water partition coefficient (Wildman–Crippen LogP) is 2.71. The lowest BCUT2D eigenvalue weighted by molar-refractivity contribution is -0.383. The molecule has 1 heterocycles. The lowest BCUT2D eigenvalue weighted by Gasteiger charge is -2.21. The molecule has 1 aromatic heterocycles. The number of para-hydroxylation sites is 1. The van der Waals surface area contributed by atoms with E-state index in [1.807, 2.05) is 25.1 Å². The summed E-state index contributed by atoms with van der Waals surface area (Å²) in [5.74, 6) is 0.277. The molecule has 1 aromatic carbocycles. The van der Waals surface area contributed by atoms with Crippen molar-refractivity contribution in [2.24, 2.45) is 0 Å². The Bertz CT molecular complexity index is 698. The molecule has 0 aliphatic carbocycles. The largest absolute Gasteiger partial charge is 0.395 e. The molecule has 8 nitrogen and oxygen atoms in total. The molecule has 0 saturated carbocycles. The van der Waals surface area contributed by atoms with E-state index >= 15 is 0 Å². The van der Waals surface area contributed by atoms with Gasteiger partial charge in [-0.1, -0.05) is 12.1 Å². The molecule has 9 heteroatoms. The van der Waals surface area contributed by atoms with E-state index in [1.165, 1.54) is 6.33 Å². The van der Waals surface area contributed by atoms with Gasteiger partial charge in [-0.3, -0.25) is 10.1 Å². The molecular formula is C14H16BrN5O3. The number of halogens is 1. The quantitative estimate of drug-likeness (QED) is 0.560. The maximum Gasteiger partial charge on any atom is 0.353 e. The number of nitrogens with zero attached hydrogens (tertiary/aromatic N) is 4. The third kappa shape index (κ3) is 3.93. The van der Waals surface area contributed by atoms with Crippen molar-refractivity contribution < 1.29 is 10.0 Å². The summed E-state index contributed by atoms with van der Waals surface area (Å²) >= 11 is 3.38. The number of aliphatic hydroxyl groups excluding tert-OH is 1. The maximum atomic E-state index is 11.5. The average molecular weight is 382 g/mol. The molecule has 0 aliphatic rings. The van der Waals surface area contributed by atoms with Crippen LogP contribution in [0.15, 0.2) is 35.1 Å². The predicted molar refractivity (Wildman–Crippen MR) is 91.1 cm³/mol. The minimum Gasteiger partial charge on any atom is -0.395 e. The monoisotopic (exact) mass is 381 g/mol. The zero-order valence-electron chi connectivity index (χ0n) is 12.4. The SMILES string of the molecule is CCN(CCO)c1ncnc(Nc2ccccc2Br)c1[N+](=O)[O-]. The third-order valence-corrected chi connectivity index (χ3v) is 3.86. The highest BCUT2D eigenvalue weighted by molar-refractivity contribution is 9.10. The van der Waals surface area contributed by atoms with Crippen molar-refractivity contribution in [3.05, 3.63) is 45.2 Å². The second-order valence-electron chi connectivity index (χ2n) is 4.56. The average Bonchev–Trinajstić information content (AvgIpc) is 2.54. The molecule has 2 aromatic rings. The summed E-state index contributed by atoms with van der Waals surface area (Å²) in [5.41, 5.74) is 0.434. The second-order valence-corrected chi connectivity index (χ2v) is 5.41. The van der Waals surface area contributed by atoms with Crippen LogP contribution in [0.1, 0.15) is 6.92 Å². The molecule has 0 unspecified atom stereocenters. The number of nitrogens with one attached hydrogen (secondary N) is 1. The molecule has 0 fully saturated rings. The fourth-order valence-corrected chi connectivity index (χ4v) is 2.47. The van der Waals surface area contributed by atoms with Gasteiger partial charge in [-0.2, -0.15) is 0 Å². The zero-order valence-corrected chi connectivity index (χ0v) is 14.0. The van der Waals surface area contributed by atoms with Crippen LogP contribution in [0.5, 0.6) is 0 Å². The van der Waals surface area contributed by atoms with Crippen LogP contribution in [0.4, 0.5) is 23.0 Å². The summed E-state index contributed by atoms with van der Waals surface area (Å²) in [7, 11) is 0. The van der Waals surface area contributed by atoms with Gasteiger partial charge < -0.3 is 15.3 Å². The Labute approximate surface area is 141 Å². The highest BCUT2D eigenvalue weighted by Crippen LogP contribution is 2.34. The Morgan fingerprint density at radius 2 is 2.13 bits per heavy atom. The summed E-state index contributed by atoms with van der Waals surface area (Å²) in [4.78, 5) is 20.7. The van der Waals surface area contributed by atoms with Crippen LogP contribution in [0.25, 0.3) is 0 Å². The number of aliphatic hydroxyl groups is 1. The minimum absolute atomic E-state index is 0.100. The number of hydrogen-bond acceptors (Lipinski definition) is 7. The van der Waals surface area contributed by atoms with Gasteiger partial charge in [-0.25, -0.2) is 9.97 Å². The van der Waals surface area contributed by atoms with Gasteiger partial charge in [0.1, 0.15) is 6.33 Å². The van der Waals surface area contributed by atoms with Gasteiger partial charge in [0.15, 0.2) is 0 Å². The molecule has 2 N–H and O–H groups in total. The summed E-state index contributed by atoms with van der Waals surface area (Å²) in [5, 5.41) is 23.6.